The van der Waals surface area contributed by atoms with Crippen LogP contribution in [0.15, 0.2) is 34.8 Å². The largest absolute Gasteiger partial charge is 0.384 e. The molecule has 0 saturated carbocycles. The lowest BCUT2D eigenvalue weighted by atomic mass is 10.1. The maximum absolute atomic E-state index is 13.7. The fourth-order valence-electron chi connectivity index (χ4n) is 2.29. The predicted octanol–water partition coefficient (Wildman–Crippen LogP) is 3.95. The Morgan fingerprint density at radius 2 is 1.90 bits per heavy atom. The van der Waals surface area contributed by atoms with Crippen molar-refractivity contribution in [3.8, 4) is 0 Å². The van der Waals surface area contributed by atoms with Gasteiger partial charge < -0.3 is 10.6 Å². The standard InChI is InChI=1S/C15H11BrF2N2O/c16-10-6-11(17)14(12(18)7-10)20-15(21)9-1-2-13-8(5-9)3-4-19-13/h1-2,5-7,19H,3-4H2,(H,20,21). The number of amides is 1. The summed E-state index contributed by atoms with van der Waals surface area (Å²) in [6.45, 7) is 0.830. The van der Waals surface area contributed by atoms with Gasteiger partial charge in [-0.3, -0.25) is 4.79 Å². The first-order valence-corrected chi connectivity index (χ1v) is 7.16. The Hall–Kier alpha value is -1.95. The molecule has 0 fully saturated rings. The Labute approximate surface area is 128 Å². The molecule has 1 aliphatic heterocycles. The molecule has 0 atom stereocenters. The lowest BCUT2D eigenvalue weighted by Crippen LogP contribution is -2.14. The molecule has 3 nitrogen and oxygen atoms in total. The van der Waals surface area contributed by atoms with E-state index in [1.807, 2.05) is 0 Å². The van der Waals surface area contributed by atoms with Crippen molar-refractivity contribution in [2.45, 2.75) is 6.42 Å². The molecule has 1 amide bonds. The average Bonchev–Trinajstić information content (AvgIpc) is 2.89. The molecule has 6 heteroatoms. The first-order valence-electron chi connectivity index (χ1n) is 6.37. The molecule has 108 valence electrons. The van der Waals surface area contributed by atoms with Crippen LogP contribution in [0, 0.1) is 11.6 Å². The third kappa shape index (κ3) is 2.76. The van der Waals surface area contributed by atoms with Gasteiger partial charge in [-0.05, 0) is 42.3 Å². The van der Waals surface area contributed by atoms with E-state index in [4.69, 9.17) is 0 Å². The molecule has 0 spiro atoms. The van der Waals surface area contributed by atoms with E-state index in [9.17, 15) is 13.6 Å². The number of rotatable bonds is 2. The number of nitrogens with one attached hydrogen (secondary N) is 2. The summed E-state index contributed by atoms with van der Waals surface area (Å²) in [5, 5.41) is 5.47. The fourth-order valence-corrected chi connectivity index (χ4v) is 2.70. The lowest BCUT2D eigenvalue weighted by molar-refractivity contribution is 0.102. The molecule has 0 aromatic heterocycles. The zero-order chi connectivity index (χ0) is 15.0. The Bertz CT molecular complexity index is 711. The van der Waals surface area contributed by atoms with E-state index in [0.717, 1.165) is 36.3 Å². The lowest BCUT2D eigenvalue weighted by Gasteiger charge is -2.09. The molecule has 3 rings (SSSR count). The van der Waals surface area contributed by atoms with Gasteiger partial charge >= 0.3 is 0 Å². The molecule has 0 bridgehead atoms. The number of halogens is 3. The number of fused-ring (bicyclic) bond motifs is 1. The molecule has 1 aliphatic rings. The number of carbonyl (C=O) groups is 1. The molecular weight excluding hydrogens is 342 g/mol. The second kappa shape index (κ2) is 5.44. The van der Waals surface area contributed by atoms with Crippen LogP contribution in [-0.2, 0) is 6.42 Å². The topological polar surface area (TPSA) is 41.1 Å². The Morgan fingerprint density at radius 3 is 2.62 bits per heavy atom. The van der Waals surface area contributed by atoms with Crippen molar-refractivity contribution in [2.75, 3.05) is 17.2 Å². The van der Waals surface area contributed by atoms with Crippen LogP contribution in [-0.4, -0.2) is 12.5 Å². The Kier molecular flexibility index (Phi) is 3.63. The normalized spacial score (nSPS) is 12.7. The summed E-state index contributed by atoms with van der Waals surface area (Å²) in [4.78, 5) is 12.1. The molecule has 0 unspecified atom stereocenters. The third-order valence-corrected chi connectivity index (χ3v) is 3.78. The third-order valence-electron chi connectivity index (χ3n) is 3.32. The summed E-state index contributed by atoms with van der Waals surface area (Å²) in [6, 6.07) is 7.36. The highest BCUT2D eigenvalue weighted by Crippen LogP contribution is 2.26. The van der Waals surface area contributed by atoms with Gasteiger partial charge in [0.15, 0.2) is 11.6 Å². The van der Waals surface area contributed by atoms with Crippen molar-refractivity contribution in [3.05, 3.63) is 57.6 Å². The molecule has 21 heavy (non-hydrogen) atoms. The summed E-state index contributed by atoms with van der Waals surface area (Å²) < 4.78 is 27.7. The van der Waals surface area contributed by atoms with Gasteiger partial charge in [-0.1, -0.05) is 15.9 Å². The molecule has 2 aromatic carbocycles. The van der Waals surface area contributed by atoms with E-state index in [-0.39, 0.29) is 4.47 Å². The van der Waals surface area contributed by atoms with Gasteiger partial charge in [-0.2, -0.15) is 0 Å². The van der Waals surface area contributed by atoms with Gasteiger partial charge in [0, 0.05) is 22.3 Å². The molecule has 0 radical (unpaired) electrons. The van der Waals surface area contributed by atoms with E-state index < -0.39 is 23.2 Å². The molecule has 2 N–H and O–H groups in total. The summed E-state index contributed by atoms with van der Waals surface area (Å²) in [5.74, 6) is -2.18. The van der Waals surface area contributed by atoms with Crippen LogP contribution < -0.4 is 10.6 Å². The second-order valence-corrected chi connectivity index (χ2v) is 5.66. The first-order chi connectivity index (χ1) is 10.0. The molecule has 2 aromatic rings. The number of hydrogen-bond donors (Lipinski definition) is 2. The summed E-state index contributed by atoms with van der Waals surface area (Å²) >= 11 is 2.99. The van der Waals surface area contributed by atoms with Crippen LogP contribution in [0.3, 0.4) is 0 Å². The fraction of sp³-hybridized carbons (Fsp3) is 0.133. The molecule has 0 aliphatic carbocycles. The van der Waals surface area contributed by atoms with Crippen LogP contribution in [0.5, 0.6) is 0 Å². The monoisotopic (exact) mass is 352 g/mol. The van der Waals surface area contributed by atoms with Gasteiger partial charge in [0.2, 0.25) is 0 Å². The highest BCUT2D eigenvalue weighted by atomic mass is 79.9. The van der Waals surface area contributed by atoms with Crippen LogP contribution in [0.1, 0.15) is 15.9 Å². The van der Waals surface area contributed by atoms with Crippen molar-refractivity contribution in [2.24, 2.45) is 0 Å². The number of hydrogen-bond acceptors (Lipinski definition) is 2. The number of carbonyl (C=O) groups excluding carboxylic acids is 1. The average molecular weight is 353 g/mol. The van der Waals surface area contributed by atoms with Crippen LogP contribution in [0.4, 0.5) is 20.2 Å². The maximum Gasteiger partial charge on any atom is 0.255 e. The highest BCUT2D eigenvalue weighted by Gasteiger charge is 2.17. The summed E-state index contributed by atoms with van der Waals surface area (Å²) in [7, 11) is 0. The summed E-state index contributed by atoms with van der Waals surface area (Å²) in [6.07, 6.45) is 0.831. The SMILES string of the molecule is O=C(Nc1c(F)cc(Br)cc1F)c1ccc2c(c1)CCN2. The quantitative estimate of drug-likeness (QED) is 0.859. The van der Waals surface area contributed by atoms with E-state index in [0.29, 0.717) is 5.56 Å². The molecule has 1 heterocycles. The van der Waals surface area contributed by atoms with Crippen molar-refractivity contribution in [1.29, 1.82) is 0 Å². The van der Waals surface area contributed by atoms with Crippen LogP contribution in [0.2, 0.25) is 0 Å². The van der Waals surface area contributed by atoms with Crippen molar-refractivity contribution < 1.29 is 13.6 Å². The smallest absolute Gasteiger partial charge is 0.255 e. The van der Waals surface area contributed by atoms with Gasteiger partial charge in [-0.25, -0.2) is 8.78 Å². The zero-order valence-electron chi connectivity index (χ0n) is 10.8. The minimum Gasteiger partial charge on any atom is -0.384 e. The van der Waals surface area contributed by atoms with Crippen molar-refractivity contribution in [3.63, 3.8) is 0 Å². The molecular formula is C15H11BrF2N2O. The Balaban J connectivity index is 1.87. The van der Waals surface area contributed by atoms with Gasteiger partial charge in [-0.15, -0.1) is 0 Å². The minimum atomic E-state index is -0.821. The predicted molar refractivity (Wildman–Crippen MR) is 80.6 cm³/mol. The van der Waals surface area contributed by atoms with Gasteiger partial charge in [0.1, 0.15) is 5.69 Å². The van der Waals surface area contributed by atoms with E-state index in [1.165, 1.54) is 0 Å². The zero-order valence-corrected chi connectivity index (χ0v) is 12.4. The van der Waals surface area contributed by atoms with Crippen molar-refractivity contribution in [1.82, 2.24) is 0 Å². The second-order valence-electron chi connectivity index (χ2n) is 4.75. The molecule has 0 saturated heterocycles. The van der Waals surface area contributed by atoms with E-state index >= 15 is 0 Å². The first kappa shape index (κ1) is 14.0. The van der Waals surface area contributed by atoms with E-state index in [1.54, 1.807) is 18.2 Å². The van der Waals surface area contributed by atoms with Gasteiger partial charge in [0.05, 0.1) is 0 Å². The Morgan fingerprint density at radius 1 is 1.19 bits per heavy atom. The van der Waals surface area contributed by atoms with E-state index in [2.05, 4.69) is 26.6 Å². The number of anilines is 2. The summed E-state index contributed by atoms with van der Waals surface area (Å²) in [5.41, 5.74) is 1.95. The van der Waals surface area contributed by atoms with Gasteiger partial charge in [0.25, 0.3) is 5.91 Å². The van der Waals surface area contributed by atoms with Crippen LogP contribution >= 0.6 is 15.9 Å². The number of benzene rings is 2. The highest BCUT2D eigenvalue weighted by molar-refractivity contribution is 9.10. The maximum atomic E-state index is 13.7. The minimum absolute atomic E-state index is 0.277. The van der Waals surface area contributed by atoms with Crippen LogP contribution in [0.25, 0.3) is 0 Å². The van der Waals surface area contributed by atoms with Crippen molar-refractivity contribution >= 4 is 33.2 Å².